The summed E-state index contributed by atoms with van der Waals surface area (Å²) in [6.07, 6.45) is 0. The monoisotopic (exact) mass is 258 g/mol. The second kappa shape index (κ2) is 4.27. The van der Waals surface area contributed by atoms with Gasteiger partial charge in [0.2, 0.25) is 0 Å². The lowest BCUT2D eigenvalue weighted by Crippen LogP contribution is -2.01. The van der Waals surface area contributed by atoms with Crippen molar-refractivity contribution in [1.82, 2.24) is 9.97 Å². The van der Waals surface area contributed by atoms with Gasteiger partial charge in [0.15, 0.2) is 0 Å². The molecule has 3 aromatic rings. The third-order valence-electron chi connectivity index (χ3n) is 2.71. The Kier molecular flexibility index (Phi) is 2.60. The van der Waals surface area contributed by atoms with E-state index in [9.17, 15) is 4.79 Å². The Morgan fingerprint density at radius 2 is 2.28 bits per heavy atom. The highest BCUT2D eigenvalue weighted by atomic mass is 32.1. The van der Waals surface area contributed by atoms with Crippen LogP contribution in [-0.4, -0.2) is 23.0 Å². The summed E-state index contributed by atoms with van der Waals surface area (Å²) in [5.74, 6) is 0.395. The third-order valence-corrected chi connectivity index (χ3v) is 3.40. The Morgan fingerprint density at radius 1 is 1.39 bits per heavy atom. The summed E-state index contributed by atoms with van der Waals surface area (Å²) in [4.78, 5) is 19.3. The van der Waals surface area contributed by atoms with Gasteiger partial charge in [-0.15, -0.1) is 0 Å². The summed E-state index contributed by atoms with van der Waals surface area (Å²) in [5.41, 5.74) is 2.98. The van der Waals surface area contributed by atoms with Gasteiger partial charge in [-0.05, 0) is 23.6 Å². The van der Waals surface area contributed by atoms with Crippen LogP contribution in [0.5, 0.6) is 0 Å². The highest BCUT2D eigenvalue weighted by Gasteiger charge is 2.14. The van der Waals surface area contributed by atoms with Gasteiger partial charge in [-0.3, -0.25) is 0 Å². The summed E-state index contributed by atoms with van der Waals surface area (Å²) in [6.45, 7) is 0. The van der Waals surface area contributed by atoms with Crippen molar-refractivity contribution >= 4 is 28.3 Å². The molecule has 4 nitrogen and oxygen atoms in total. The lowest BCUT2D eigenvalue weighted by molar-refractivity contribution is 0.0603. The van der Waals surface area contributed by atoms with Crippen molar-refractivity contribution in [1.29, 1.82) is 0 Å². The molecule has 0 bridgehead atoms. The van der Waals surface area contributed by atoms with Gasteiger partial charge in [0, 0.05) is 10.9 Å². The molecular weight excluding hydrogens is 248 g/mol. The number of hydrogen-bond acceptors (Lipinski definition) is 4. The van der Waals surface area contributed by atoms with Gasteiger partial charge in [0.25, 0.3) is 0 Å². The first kappa shape index (κ1) is 11.0. The number of aromatic amines is 1. The highest BCUT2D eigenvalue weighted by molar-refractivity contribution is 7.08. The number of H-pyrrole nitrogens is 1. The van der Waals surface area contributed by atoms with Crippen LogP contribution >= 0.6 is 11.3 Å². The first-order chi connectivity index (χ1) is 8.79. The Labute approximate surface area is 107 Å². The minimum Gasteiger partial charge on any atom is -0.465 e. The molecule has 0 saturated carbocycles. The smallest absolute Gasteiger partial charge is 0.340 e. The van der Waals surface area contributed by atoms with Crippen LogP contribution in [0.15, 0.2) is 35.0 Å². The molecule has 0 amide bonds. The number of carbonyl (C=O) groups excluding carboxylic acids is 1. The fraction of sp³-hybridized carbons (Fsp3) is 0.0769. The Balaban J connectivity index is 2.20. The Morgan fingerprint density at radius 3 is 3.00 bits per heavy atom. The van der Waals surface area contributed by atoms with Crippen LogP contribution in [0, 0.1) is 0 Å². The highest BCUT2D eigenvalue weighted by Crippen LogP contribution is 2.24. The molecule has 3 rings (SSSR count). The van der Waals surface area contributed by atoms with Crippen LogP contribution in [0.4, 0.5) is 0 Å². The lowest BCUT2D eigenvalue weighted by Gasteiger charge is -1.98. The van der Waals surface area contributed by atoms with Crippen molar-refractivity contribution in [2.45, 2.75) is 0 Å². The van der Waals surface area contributed by atoms with E-state index in [0.29, 0.717) is 11.1 Å². The predicted molar refractivity (Wildman–Crippen MR) is 70.7 cm³/mol. The second-order valence-corrected chi connectivity index (χ2v) is 4.57. The molecule has 0 aliphatic rings. The van der Waals surface area contributed by atoms with Gasteiger partial charge in [-0.2, -0.15) is 11.3 Å². The van der Waals surface area contributed by atoms with Crippen molar-refractivity contribution in [3.63, 3.8) is 0 Å². The largest absolute Gasteiger partial charge is 0.465 e. The molecule has 5 heteroatoms. The molecule has 0 saturated heterocycles. The average molecular weight is 258 g/mol. The van der Waals surface area contributed by atoms with Crippen LogP contribution in [0.3, 0.4) is 0 Å². The number of fused-ring (bicyclic) bond motifs is 1. The van der Waals surface area contributed by atoms with E-state index in [0.717, 1.165) is 16.9 Å². The van der Waals surface area contributed by atoms with Crippen molar-refractivity contribution < 1.29 is 9.53 Å². The van der Waals surface area contributed by atoms with E-state index in [-0.39, 0.29) is 5.97 Å². The minimum atomic E-state index is -0.371. The number of imidazole rings is 1. The normalized spacial score (nSPS) is 10.7. The molecule has 1 aromatic carbocycles. The minimum absolute atomic E-state index is 0.371. The first-order valence-electron chi connectivity index (χ1n) is 5.39. The van der Waals surface area contributed by atoms with Crippen LogP contribution < -0.4 is 0 Å². The number of para-hydroxylation sites is 1. The quantitative estimate of drug-likeness (QED) is 0.719. The van der Waals surface area contributed by atoms with E-state index < -0.39 is 0 Å². The van der Waals surface area contributed by atoms with E-state index in [1.54, 1.807) is 17.4 Å². The standard InChI is InChI=1S/C13H10N2O2S/c1-17-13(16)9-3-2-4-10-11(9)15-12(14-10)8-5-6-18-7-8/h2-7H,1H3,(H,14,15). The molecule has 2 aromatic heterocycles. The summed E-state index contributed by atoms with van der Waals surface area (Å²) in [5, 5.41) is 4.00. The third kappa shape index (κ3) is 1.69. The number of nitrogens with zero attached hydrogens (tertiary/aromatic N) is 1. The first-order valence-corrected chi connectivity index (χ1v) is 6.33. The zero-order valence-corrected chi connectivity index (χ0v) is 10.5. The number of benzene rings is 1. The molecule has 0 spiro atoms. The van der Waals surface area contributed by atoms with Gasteiger partial charge in [-0.1, -0.05) is 6.07 Å². The molecule has 0 aliphatic carbocycles. The maximum absolute atomic E-state index is 11.6. The summed E-state index contributed by atoms with van der Waals surface area (Å²) in [6, 6.07) is 7.40. The molecular formula is C13H10N2O2S. The van der Waals surface area contributed by atoms with Crippen molar-refractivity contribution in [3.05, 3.63) is 40.6 Å². The lowest BCUT2D eigenvalue weighted by atomic mass is 10.2. The summed E-state index contributed by atoms with van der Waals surface area (Å²) in [7, 11) is 1.37. The Bertz CT molecular complexity index is 701. The van der Waals surface area contributed by atoms with Crippen molar-refractivity contribution in [2.24, 2.45) is 0 Å². The number of thiophene rings is 1. The number of nitrogens with one attached hydrogen (secondary N) is 1. The van der Waals surface area contributed by atoms with Gasteiger partial charge >= 0.3 is 5.97 Å². The number of ether oxygens (including phenoxy) is 1. The summed E-state index contributed by atoms with van der Waals surface area (Å²) < 4.78 is 4.75. The van der Waals surface area contributed by atoms with Gasteiger partial charge < -0.3 is 9.72 Å². The maximum atomic E-state index is 11.6. The van der Waals surface area contributed by atoms with Crippen LogP contribution in [0.1, 0.15) is 10.4 Å². The SMILES string of the molecule is COC(=O)c1cccc2[nH]c(-c3ccsc3)nc12. The van der Waals surface area contributed by atoms with Gasteiger partial charge in [0.1, 0.15) is 11.3 Å². The fourth-order valence-corrected chi connectivity index (χ4v) is 2.48. The van der Waals surface area contributed by atoms with Gasteiger partial charge in [-0.25, -0.2) is 9.78 Å². The molecule has 0 atom stereocenters. The molecule has 0 aliphatic heterocycles. The molecule has 2 heterocycles. The molecule has 0 unspecified atom stereocenters. The summed E-state index contributed by atoms with van der Waals surface area (Å²) >= 11 is 1.61. The van der Waals surface area contributed by atoms with Crippen molar-refractivity contribution in [3.8, 4) is 11.4 Å². The van der Waals surface area contributed by atoms with Crippen LogP contribution in [-0.2, 0) is 4.74 Å². The van der Waals surface area contributed by atoms with Crippen molar-refractivity contribution in [2.75, 3.05) is 7.11 Å². The second-order valence-electron chi connectivity index (χ2n) is 3.79. The van der Waals surface area contributed by atoms with Gasteiger partial charge in [0.05, 0.1) is 18.2 Å². The van der Waals surface area contributed by atoms with E-state index in [1.165, 1.54) is 7.11 Å². The molecule has 90 valence electrons. The molecule has 0 radical (unpaired) electrons. The van der Waals surface area contributed by atoms with E-state index >= 15 is 0 Å². The van der Waals surface area contributed by atoms with Crippen LogP contribution in [0.2, 0.25) is 0 Å². The van der Waals surface area contributed by atoms with E-state index in [1.807, 2.05) is 29.0 Å². The number of methoxy groups -OCH3 is 1. The zero-order chi connectivity index (χ0) is 12.5. The zero-order valence-electron chi connectivity index (χ0n) is 9.64. The number of carbonyl (C=O) groups is 1. The maximum Gasteiger partial charge on any atom is 0.340 e. The molecule has 0 fully saturated rings. The van der Waals surface area contributed by atoms with Crippen LogP contribution in [0.25, 0.3) is 22.4 Å². The predicted octanol–water partition coefficient (Wildman–Crippen LogP) is 3.08. The number of rotatable bonds is 2. The topological polar surface area (TPSA) is 55.0 Å². The number of hydrogen-bond donors (Lipinski definition) is 1. The van der Waals surface area contributed by atoms with E-state index in [2.05, 4.69) is 9.97 Å². The molecule has 18 heavy (non-hydrogen) atoms. The molecule has 1 N–H and O–H groups in total. The van der Waals surface area contributed by atoms with E-state index in [4.69, 9.17) is 4.74 Å². The Hall–Kier alpha value is -2.14. The number of esters is 1. The average Bonchev–Trinajstić information content (AvgIpc) is 3.04. The number of aromatic nitrogens is 2. The fourth-order valence-electron chi connectivity index (χ4n) is 1.84.